The summed E-state index contributed by atoms with van der Waals surface area (Å²) in [7, 11) is 1.28. The number of nitrogens with one attached hydrogen (secondary N) is 2. The monoisotopic (exact) mass is 392 g/mol. The van der Waals surface area contributed by atoms with Crippen LogP contribution in [0, 0.1) is 0 Å². The van der Waals surface area contributed by atoms with Crippen LogP contribution in [0.15, 0.2) is 60.9 Å². The number of carbonyl (C=O) groups excluding carboxylic acids is 2. The van der Waals surface area contributed by atoms with Crippen LogP contribution in [0.5, 0.6) is 5.75 Å². The van der Waals surface area contributed by atoms with Gasteiger partial charge in [-0.3, -0.25) is 4.79 Å². The molecule has 1 aromatic heterocycles. The zero-order valence-corrected chi connectivity index (χ0v) is 16.0. The van der Waals surface area contributed by atoms with Gasteiger partial charge in [-0.2, -0.15) is 0 Å². The first-order chi connectivity index (χ1) is 14.1. The highest BCUT2D eigenvalue weighted by atomic mass is 16.5. The Morgan fingerprint density at radius 1 is 1.00 bits per heavy atom. The molecule has 0 aliphatic carbocycles. The van der Waals surface area contributed by atoms with Gasteiger partial charge in [0.1, 0.15) is 17.3 Å². The molecule has 8 heteroatoms. The third-order valence-electron chi connectivity index (χ3n) is 3.90. The molecule has 0 atom stereocenters. The Morgan fingerprint density at radius 2 is 1.76 bits per heavy atom. The van der Waals surface area contributed by atoms with Gasteiger partial charge in [0.25, 0.3) is 5.91 Å². The van der Waals surface area contributed by atoms with E-state index in [1.807, 2.05) is 31.2 Å². The first-order valence-corrected chi connectivity index (χ1v) is 8.91. The lowest BCUT2D eigenvalue weighted by Crippen LogP contribution is -2.17. The van der Waals surface area contributed by atoms with E-state index in [1.54, 1.807) is 24.3 Å². The van der Waals surface area contributed by atoms with Crippen LogP contribution in [0.25, 0.3) is 0 Å². The maximum absolute atomic E-state index is 12.4. The number of esters is 1. The lowest BCUT2D eigenvalue weighted by Gasteiger charge is -2.10. The maximum atomic E-state index is 12.4. The molecular weight excluding hydrogens is 372 g/mol. The molecule has 0 fully saturated rings. The number of anilines is 3. The van der Waals surface area contributed by atoms with Gasteiger partial charge in [0.15, 0.2) is 0 Å². The van der Waals surface area contributed by atoms with Crippen LogP contribution in [0.2, 0.25) is 0 Å². The van der Waals surface area contributed by atoms with Crippen molar-refractivity contribution in [2.24, 2.45) is 0 Å². The number of carbonyl (C=O) groups is 2. The van der Waals surface area contributed by atoms with Crippen molar-refractivity contribution in [1.82, 2.24) is 9.97 Å². The van der Waals surface area contributed by atoms with Gasteiger partial charge in [-0.15, -0.1) is 0 Å². The number of rotatable bonds is 7. The standard InChI is InChI=1S/C21H20N4O4/c1-3-29-15-10-8-14(9-11-15)24-19-13-22-18(12-23-19)20(26)25-17-7-5-4-6-16(17)21(27)28-2/h4-13H,3H2,1-2H3,(H,23,24)(H,25,26). The Morgan fingerprint density at radius 3 is 2.41 bits per heavy atom. The molecule has 1 heterocycles. The first-order valence-electron chi connectivity index (χ1n) is 8.91. The summed E-state index contributed by atoms with van der Waals surface area (Å²) in [5, 5.41) is 5.75. The van der Waals surface area contributed by atoms with Gasteiger partial charge in [-0.05, 0) is 43.3 Å². The third-order valence-corrected chi connectivity index (χ3v) is 3.90. The van der Waals surface area contributed by atoms with Gasteiger partial charge in [-0.1, -0.05) is 12.1 Å². The van der Waals surface area contributed by atoms with Crippen LogP contribution in [0.4, 0.5) is 17.2 Å². The summed E-state index contributed by atoms with van der Waals surface area (Å²) < 4.78 is 10.1. The zero-order valence-electron chi connectivity index (χ0n) is 16.0. The highest BCUT2D eigenvalue weighted by Gasteiger charge is 2.15. The van der Waals surface area contributed by atoms with E-state index in [2.05, 4.69) is 20.6 Å². The predicted octanol–water partition coefficient (Wildman–Crippen LogP) is 3.66. The molecule has 8 nitrogen and oxygen atoms in total. The minimum Gasteiger partial charge on any atom is -0.494 e. The van der Waals surface area contributed by atoms with E-state index in [-0.39, 0.29) is 11.3 Å². The second kappa shape index (κ2) is 9.32. The number of para-hydroxylation sites is 1. The topological polar surface area (TPSA) is 102 Å². The van der Waals surface area contributed by atoms with E-state index in [1.165, 1.54) is 19.5 Å². The number of benzene rings is 2. The molecule has 0 spiro atoms. The molecule has 2 aromatic carbocycles. The summed E-state index contributed by atoms with van der Waals surface area (Å²) >= 11 is 0. The van der Waals surface area contributed by atoms with Crippen LogP contribution in [-0.2, 0) is 4.74 Å². The molecular formula is C21H20N4O4. The van der Waals surface area contributed by atoms with Crippen molar-refractivity contribution in [3.63, 3.8) is 0 Å². The van der Waals surface area contributed by atoms with E-state index >= 15 is 0 Å². The van der Waals surface area contributed by atoms with E-state index < -0.39 is 11.9 Å². The van der Waals surface area contributed by atoms with Gasteiger partial charge in [0, 0.05) is 5.69 Å². The molecule has 3 aromatic rings. The van der Waals surface area contributed by atoms with E-state index in [0.717, 1.165) is 11.4 Å². The fourth-order valence-electron chi connectivity index (χ4n) is 2.53. The molecule has 0 radical (unpaired) electrons. The van der Waals surface area contributed by atoms with E-state index in [0.29, 0.717) is 18.1 Å². The summed E-state index contributed by atoms with van der Waals surface area (Å²) in [5.74, 6) is 0.243. The first kappa shape index (κ1) is 19.8. The van der Waals surface area contributed by atoms with Crippen LogP contribution in [0.1, 0.15) is 27.8 Å². The van der Waals surface area contributed by atoms with Crippen LogP contribution >= 0.6 is 0 Å². The molecule has 0 saturated carbocycles. The third kappa shape index (κ3) is 5.07. The number of nitrogens with zero attached hydrogens (tertiary/aromatic N) is 2. The summed E-state index contributed by atoms with van der Waals surface area (Å²) in [6.45, 7) is 2.53. The zero-order chi connectivity index (χ0) is 20.6. The molecule has 0 saturated heterocycles. The number of aromatic nitrogens is 2. The molecule has 29 heavy (non-hydrogen) atoms. The SMILES string of the molecule is CCOc1ccc(Nc2cnc(C(=O)Nc3ccccc3C(=O)OC)cn2)cc1. The minimum atomic E-state index is -0.540. The molecule has 2 N–H and O–H groups in total. The van der Waals surface area contributed by atoms with Crippen molar-refractivity contribution in [1.29, 1.82) is 0 Å². The van der Waals surface area contributed by atoms with Gasteiger partial charge in [-0.25, -0.2) is 14.8 Å². The maximum Gasteiger partial charge on any atom is 0.339 e. The van der Waals surface area contributed by atoms with Gasteiger partial charge in [0.2, 0.25) is 0 Å². The molecule has 0 bridgehead atoms. The van der Waals surface area contributed by atoms with Crippen molar-refractivity contribution in [2.75, 3.05) is 24.4 Å². The van der Waals surface area contributed by atoms with Crippen molar-refractivity contribution >= 4 is 29.1 Å². The van der Waals surface area contributed by atoms with Crippen LogP contribution < -0.4 is 15.4 Å². The quantitative estimate of drug-likeness (QED) is 0.592. The second-order valence-corrected chi connectivity index (χ2v) is 5.86. The molecule has 0 unspecified atom stereocenters. The van der Waals surface area contributed by atoms with Gasteiger partial charge in [0.05, 0.1) is 37.4 Å². The summed E-state index contributed by atoms with van der Waals surface area (Å²) in [6.07, 6.45) is 2.81. The van der Waals surface area contributed by atoms with Crippen molar-refractivity contribution in [3.8, 4) is 5.75 Å². The number of amides is 1. The van der Waals surface area contributed by atoms with Gasteiger partial charge < -0.3 is 20.1 Å². The Bertz CT molecular complexity index is 988. The Hall–Kier alpha value is -3.94. The Labute approximate surface area is 167 Å². The van der Waals surface area contributed by atoms with Crippen molar-refractivity contribution in [3.05, 3.63) is 72.2 Å². The fourth-order valence-corrected chi connectivity index (χ4v) is 2.53. The summed E-state index contributed by atoms with van der Waals surface area (Å²) in [5.41, 5.74) is 1.52. The highest BCUT2D eigenvalue weighted by molar-refractivity contribution is 6.06. The fraction of sp³-hybridized carbons (Fsp3) is 0.143. The number of methoxy groups -OCH3 is 1. The highest BCUT2D eigenvalue weighted by Crippen LogP contribution is 2.19. The number of hydrogen-bond acceptors (Lipinski definition) is 7. The van der Waals surface area contributed by atoms with E-state index in [9.17, 15) is 9.59 Å². The van der Waals surface area contributed by atoms with Crippen LogP contribution in [0.3, 0.4) is 0 Å². The lowest BCUT2D eigenvalue weighted by molar-refractivity contribution is 0.0602. The average molecular weight is 392 g/mol. The number of ether oxygens (including phenoxy) is 2. The Kier molecular flexibility index (Phi) is 6.36. The van der Waals surface area contributed by atoms with Crippen molar-refractivity contribution < 1.29 is 19.1 Å². The van der Waals surface area contributed by atoms with Crippen molar-refractivity contribution in [2.45, 2.75) is 6.92 Å². The molecule has 1 amide bonds. The number of hydrogen-bond donors (Lipinski definition) is 2. The second-order valence-electron chi connectivity index (χ2n) is 5.86. The largest absolute Gasteiger partial charge is 0.494 e. The summed E-state index contributed by atoms with van der Waals surface area (Å²) in [4.78, 5) is 32.6. The molecule has 148 valence electrons. The van der Waals surface area contributed by atoms with E-state index in [4.69, 9.17) is 9.47 Å². The smallest absolute Gasteiger partial charge is 0.339 e. The molecule has 3 rings (SSSR count). The minimum absolute atomic E-state index is 0.113. The normalized spacial score (nSPS) is 10.1. The lowest BCUT2D eigenvalue weighted by atomic mass is 10.1. The average Bonchev–Trinajstić information content (AvgIpc) is 2.75. The van der Waals surface area contributed by atoms with Crippen LogP contribution in [-0.4, -0.2) is 35.6 Å². The van der Waals surface area contributed by atoms with Gasteiger partial charge >= 0.3 is 5.97 Å². The summed E-state index contributed by atoms with van der Waals surface area (Å²) in [6, 6.07) is 14.0. The Balaban J connectivity index is 1.67. The predicted molar refractivity (Wildman–Crippen MR) is 109 cm³/mol. The molecule has 0 aliphatic rings. The molecule has 0 aliphatic heterocycles.